The van der Waals surface area contributed by atoms with E-state index in [0.717, 1.165) is 0 Å². The van der Waals surface area contributed by atoms with E-state index in [9.17, 15) is 29.1 Å². The molecule has 12 nitrogen and oxygen atoms in total. The van der Waals surface area contributed by atoms with Crippen LogP contribution in [0.5, 0.6) is 0 Å². The van der Waals surface area contributed by atoms with E-state index in [1.54, 1.807) is 27.7 Å². The summed E-state index contributed by atoms with van der Waals surface area (Å²) < 4.78 is 0. The summed E-state index contributed by atoms with van der Waals surface area (Å²) in [5.41, 5.74) is 10.5. The van der Waals surface area contributed by atoms with Gasteiger partial charge in [0, 0.05) is 0 Å². The number of carboxylic acids is 1. The Morgan fingerprint density at radius 1 is 0.828 bits per heavy atom. The maximum atomic E-state index is 12.6. The molecule has 9 N–H and O–H groups in total. The number of aliphatic hydroxyl groups excluding tert-OH is 1. The number of carbonyl (C=O) groups is 5. The van der Waals surface area contributed by atoms with Crippen molar-refractivity contribution in [3.05, 3.63) is 0 Å². The molecule has 12 heteroatoms. The highest BCUT2D eigenvalue weighted by molar-refractivity contribution is 5.96. The predicted octanol–water partition coefficient (Wildman–Crippen LogP) is -2.97. The lowest BCUT2D eigenvalue weighted by Gasteiger charge is -2.27. The molecule has 0 rings (SSSR count). The van der Waals surface area contributed by atoms with E-state index in [-0.39, 0.29) is 0 Å². The molecule has 0 aromatic carbocycles. The average Bonchev–Trinajstić information content (AvgIpc) is 2.60. The lowest BCUT2D eigenvalue weighted by atomic mass is 9.99. The second-order valence-corrected chi connectivity index (χ2v) is 7.32. The van der Waals surface area contributed by atoms with Gasteiger partial charge in [0.05, 0.1) is 13.0 Å². The zero-order valence-electron chi connectivity index (χ0n) is 17.0. The van der Waals surface area contributed by atoms with E-state index >= 15 is 0 Å². The maximum absolute atomic E-state index is 12.6. The Morgan fingerprint density at radius 2 is 1.31 bits per heavy atom. The summed E-state index contributed by atoms with van der Waals surface area (Å²) in [6, 6.07) is -5.04. The van der Waals surface area contributed by atoms with Crippen LogP contribution in [0.25, 0.3) is 0 Å². The number of amides is 4. The molecule has 166 valence electrons. The van der Waals surface area contributed by atoms with Crippen molar-refractivity contribution in [2.75, 3.05) is 6.61 Å². The van der Waals surface area contributed by atoms with E-state index in [0.29, 0.717) is 0 Å². The fourth-order valence-corrected chi connectivity index (χ4v) is 2.32. The quantitative estimate of drug-likeness (QED) is 0.174. The summed E-state index contributed by atoms with van der Waals surface area (Å²) in [5.74, 6) is -5.45. The molecule has 0 aliphatic carbocycles. The average molecular weight is 417 g/mol. The molecule has 0 fully saturated rings. The molecular formula is C17H31N5O7. The van der Waals surface area contributed by atoms with Gasteiger partial charge < -0.3 is 37.6 Å². The zero-order valence-corrected chi connectivity index (χ0v) is 17.0. The smallest absolute Gasteiger partial charge is 0.326 e. The van der Waals surface area contributed by atoms with Crippen molar-refractivity contribution in [1.29, 1.82) is 0 Å². The second kappa shape index (κ2) is 12.0. The number of hydrogen-bond donors (Lipinski definition) is 7. The molecular weight excluding hydrogens is 386 g/mol. The van der Waals surface area contributed by atoms with E-state index < -0.39 is 78.6 Å². The number of nitrogens with two attached hydrogens (primary N) is 2. The molecule has 0 bridgehead atoms. The minimum atomic E-state index is -1.42. The van der Waals surface area contributed by atoms with E-state index in [2.05, 4.69) is 16.0 Å². The maximum Gasteiger partial charge on any atom is 0.326 e. The standard InChI is InChI=1S/C17H31N5O7/c1-7(2)12(16(27)22-13(8(3)4)17(28)29)21-15(26)10(5-11(19)24)20-14(25)9(18)6-23/h7-10,12-13,23H,5-6,18H2,1-4H3,(H2,19,24)(H,20,25)(H,21,26)(H,22,27)(H,28,29). The lowest BCUT2D eigenvalue weighted by Crippen LogP contribution is -2.59. The Bertz CT molecular complexity index is 623. The van der Waals surface area contributed by atoms with Gasteiger partial charge in [0.2, 0.25) is 23.6 Å². The minimum Gasteiger partial charge on any atom is -0.480 e. The van der Waals surface area contributed by atoms with Gasteiger partial charge in [-0.1, -0.05) is 27.7 Å². The summed E-state index contributed by atoms with van der Waals surface area (Å²) in [7, 11) is 0. The van der Waals surface area contributed by atoms with Crippen molar-refractivity contribution in [2.24, 2.45) is 23.3 Å². The van der Waals surface area contributed by atoms with Crippen LogP contribution in [0.3, 0.4) is 0 Å². The largest absolute Gasteiger partial charge is 0.480 e. The Labute approximate surface area is 168 Å². The van der Waals surface area contributed by atoms with Crippen LogP contribution in [-0.2, 0) is 24.0 Å². The Morgan fingerprint density at radius 3 is 1.69 bits per heavy atom. The van der Waals surface area contributed by atoms with Crippen LogP contribution in [-0.4, -0.2) is 70.6 Å². The van der Waals surface area contributed by atoms with E-state index in [4.69, 9.17) is 16.6 Å². The van der Waals surface area contributed by atoms with Crippen molar-refractivity contribution in [3.63, 3.8) is 0 Å². The molecule has 0 aliphatic rings. The predicted molar refractivity (Wildman–Crippen MR) is 102 cm³/mol. The van der Waals surface area contributed by atoms with Crippen LogP contribution < -0.4 is 27.4 Å². The molecule has 0 spiro atoms. The number of carbonyl (C=O) groups excluding carboxylic acids is 4. The fourth-order valence-electron chi connectivity index (χ4n) is 2.32. The summed E-state index contributed by atoms with van der Waals surface area (Å²) >= 11 is 0. The molecule has 0 aromatic rings. The fraction of sp³-hybridized carbons (Fsp3) is 0.706. The number of carboxylic acid groups (broad SMARTS) is 1. The number of aliphatic carboxylic acids is 1. The van der Waals surface area contributed by atoms with Gasteiger partial charge in [0.25, 0.3) is 0 Å². The number of rotatable bonds is 12. The SMILES string of the molecule is CC(C)C(NC(=O)C(NC(=O)C(CC(N)=O)NC(=O)C(N)CO)C(C)C)C(=O)O. The van der Waals surface area contributed by atoms with Crippen molar-refractivity contribution in [1.82, 2.24) is 16.0 Å². The van der Waals surface area contributed by atoms with Crippen molar-refractivity contribution in [3.8, 4) is 0 Å². The summed E-state index contributed by atoms with van der Waals surface area (Å²) in [6.45, 7) is 5.80. The third-order valence-electron chi connectivity index (χ3n) is 4.05. The second-order valence-electron chi connectivity index (χ2n) is 7.32. The van der Waals surface area contributed by atoms with Crippen LogP contribution in [0, 0.1) is 11.8 Å². The molecule has 0 heterocycles. The van der Waals surface area contributed by atoms with Crippen LogP contribution in [0.15, 0.2) is 0 Å². The number of nitrogens with one attached hydrogen (secondary N) is 3. The van der Waals surface area contributed by atoms with Crippen LogP contribution >= 0.6 is 0 Å². The molecule has 4 unspecified atom stereocenters. The molecule has 0 aromatic heterocycles. The monoisotopic (exact) mass is 417 g/mol. The van der Waals surface area contributed by atoms with Gasteiger partial charge in [0.1, 0.15) is 24.2 Å². The van der Waals surface area contributed by atoms with Gasteiger partial charge in [-0.2, -0.15) is 0 Å². The van der Waals surface area contributed by atoms with Crippen LogP contribution in [0.2, 0.25) is 0 Å². The van der Waals surface area contributed by atoms with E-state index in [1.165, 1.54) is 0 Å². The normalized spacial score (nSPS) is 15.2. The van der Waals surface area contributed by atoms with Crippen molar-refractivity contribution in [2.45, 2.75) is 58.3 Å². The van der Waals surface area contributed by atoms with Gasteiger partial charge in [-0.05, 0) is 11.8 Å². The molecule has 0 radical (unpaired) electrons. The van der Waals surface area contributed by atoms with E-state index in [1.807, 2.05) is 0 Å². The first-order valence-corrected chi connectivity index (χ1v) is 9.10. The minimum absolute atomic E-state index is 0.401. The molecule has 4 amide bonds. The molecule has 29 heavy (non-hydrogen) atoms. The first kappa shape index (κ1) is 26.3. The highest BCUT2D eigenvalue weighted by Crippen LogP contribution is 2.07. The molecule has 4 atom stereocenters. The summed E-state index contributed by atoms with van der Waals surface area (Å²) in [6.07, 6.45) is -0.564. The Hall–Kier alpha value is -2.73. The third-order valence-corrected chi connectivity index (χ3v) is 4.05. The number of aliphatic hydroxyl groups is 1. The zero-order chi connectivity index (χ0) is 22.9. The summed E-state index contributed by atoms with van der Waals surface area (Å²) in [5, 5.41) is 25.1. The van der Waals surface area contributed by atoms with Gasteiger partial charge in [-0.15, -0.1) is 0 Å². The Kier molecular flexibility index (Phi) is 10.8. The van der Waals surface area contributed by atoms with Crippen molar-refractivity contribution >= 4 is 29.6 Å². The van der Waals surface area contributed by atoms with Crippen molar-refractivity contribution < 1.29 is 34.2 Å². The van der Waals surface area contributed by atoms with Gasteiger partial charge >= 0.3 is 5.97 Å². The molecule has 0 saturated heterocycles. The first-order valence-electron chi connectivity index (χ1n) is 9.10. The number of hydrogen-bond acceptors (Lipinski definition) is 7. The van der Waals surface area contributed by atoms with Crippen LogP contribution in [0.4, 0.5) is 0 Å². The number of primary amides is 1. The highest BCUT2D eigenvalue weighted by atomic mass is 16.4. The van der Waals surface area contributed by atoms with Gasteiger partial charge in [-0.3, -0.25) is 19.2 Å². The lowest BCUT2D eigenvalue weighted by molar-refractivity contribution is -0.144. The first-order chi connectivity index (χ1) is 13.3. The van der Waals surface area contributed by atoms with Gasteiger partial charge in [-0.25, -0.2) is 4.79 Å². The third kappa shape index (κ3) is 8.87. The summed E-state index contributed by atoms with van der Waals surface area (Å²) in [4.78, 5) is 59.5. The highest BCUT2D eigenvalue weighted by Gasteiger charge is 2.33. The van der Waals surface area contributed by atoms with Crippen LogP contribution in [0.1, 0.15) is 34.1 Å². The topological polar surface area (TPSA) is 214 Å². The Balaban J connectivity index is 5.41. The molecule has 0 aliphatic heterocycles. The van der Waals surface area contributed by atoms with Gasteiger partial charge in [0.15, 0.2) is 0 Å². The molecule has 0 saturated carbocycles.